The van der Waals surface area contributed by atoms with E-state index in [-0.39, 0.29) is 11.7 Å². The van der Waals surface area contributed by atoms with Crippen molar-refractivity contribution in [2.24, 2.45) is 5.92 Å². The average molecular weight is 443 g/mol. The van der Waals surface area contributed by atoms with Gasteiger partial charge >= 0.3 is 10.9 Å². The average Bonchev–Trinajstić information content (AvgIpc) is 2.98. The number of nitrogen functional groups attached to an aromatic ring is 1. The van der Waals surface area contributed by atoms with Crippen LogP contribution in [0.1, 0.15) is 26.5 Å². The predicted octanol–water partition coefficient (Wildman–Crippen LogP) is 3.29. The number of para-hydroxylation sites is 1. The fourth-order valence-electron chi connectivity index (χ4n) is 3.47. The second-order valence-corrected chi connectivity index (χ2v) is 7.15. The van der Waals surface area contributed by atoms with Gasteiger partial charge in [0.15, 0.2) is 24.0 Å². The van der Waals surface area contributed by atoms with E-state index in [2.05, 4.69) is 4.98 Å². The van der Waals surface area contributed by atoms with Gasteiger partial charge in [-0.1, -0.05) is 32.0 Å². The quantitative estimate of drug-likeness (QED) is 0.710. The highest BCUT2D eigenvalue weighted by Crippen LogP contribution is 2.48. The van der Waals surface area contributed by atoms with Crippen LogP contribution in [0, 0.1) is 11.7 Å². The van der Waals surface area contributed by atoms with E-state index in [4.69, 9.17) is 32.2 Å². The van der Waals surface area contributed by atoms with Gasteiger partial charge < -0.3 is 19.9 Å². The van der Waals surface area contributed by atoms with E-state index < -0.39 is 47.6 Å². The summed E-state index contributed by atoms with van der Waals surface area (Å²) >= 11 is 5.10. The zero-order valence-electron chi connectivity index (χ0n) is 16.1. The van der Waals surface area contributed by atoms with Crippen LogP contribution in [0.15, 0.2) is 41.3 Å². The SMILES string of the molecule is CC[C@@]1(C(F)F)O[C@@H](n2cc(F)c(N)nc2=O)[C@H](OC(=S)Oc2ccccc2)[C@@H]1C. The maximum atomic E-state index is 14.0. The molecule has 0 amide bonds. The van der Waals surface area contributed by atoms with Gasteiger partial charge in [-0.05, 0) is 18.6 Å². The van der Waals surface area contributed by atoms with Crippen LogP contribution in [0.4, 0.5) is 19.0 Å². The lowest BCUT2D eigenvalue weighted by Gasteiger charge is -2.31. The summed E-state index contributed by atoms with van der Waals surface area (Å²) < 4.78 is 59.4. The maximum absolute atomic E-state index is 14.0. The van der Waals surface area contributed by atoms with E-state index in [1.807, 2.05) is 0 Å². The van der Waals surface area contributed by atoms with Crippen LogP contribution in [0.25, 0.3) is 0 Å². The molecule has 1 saturated heterocycles. The molecule has 0 radical (unpaired) electrons. The summed E-state index contributed by atoms with van der Waals surface area (Å²) in [4.78, 5) is 15.7. The third-order valence-electron chi connectivity index (χ3n) is 5.19. The molecule has 4 atom stereocenters. The van der Waals surface area contributed by atoms with E-state index >= 15 is 0 Å². The summed E-state index contributed by atoms with van der Waals surface area (Å²) in [6.45, 7) is 3.00. The number of nitrogens with zero attached hydrogens (tertiary/aromatic N) is 2. The molecule has 1 aliphatic rings. The molecule has 0 aliphatic carbocycles. The molecular weight excluding hydrogens is 423 g/mol. The van der Waals surface area contributed by atoms with Gasteiger partial charge in [0.1, 0.15) is 11.4 Å². The van der Waals surface area contributed by atoms with Crippen molar-refractivity contribution in [1.29, 1.82) is 0 Å². The highest BCUT2D eigenvalue weighted by Gasteiger charge is 2.59. The fourth-order valence-corrected chi connectivity index (χ4v) is 3.68. The van der Waals surface area contributed by atoms with Crippen molar-refractivity contribution in [3.63, 3.8) is 0 Å². The first kappa shape index (κ1) is 22.0. The number of hydrogen-bond acceptors (Lipinski definition) is 7. The number of halogens is 3. The van der Waals surface area contributed by atoms with Gasteiger partial charge in [-0.2, -0.15) is 4.98 Å². The topological polar surface area (TPSA) is 88.6 Å². The van der Waals surface area contributed by atoms with Gasteiger partial charge in [0.25, 0.3) is 6.43 Å². The Morgan fingerprint density at radius 3 is 2.67 bits per heavy atom. The third-order valence-corrected chi connectivity index (χ3v) is 5.37. The third kappa shape index (κ3) is 3.99. The summed E-state index contributed by atoms with van der Waals surface area (Å²) in [5.41, 5.74) is 2.39. The number of ether oxygens (including phenoxy) is 3. The summed E-state index contributed by atoms with van der Waals surface area (Å²) in [5.74, 6) is -2.17. The summed E-state index contributed by atoms with van der Waals surface area (Å²) in [5, 5.41) is -0.357. The zero-order valence-corrected chi connectivity index (χ0v) is 16.9. The Bertz CT molecular complexity index is 975. The number of benzene rings is 1. The van der Waals surface area contributed by atoms with Crippen molar-refractivity contribution in [3.8, 4) is 5.75 Å². The van der Waals surface area contributed by atoms with Gasteiger partial charge in [-0.15, -0.1) is 0 Å². The van der Waals surface area contributed by atoms with E-state index in [1.54, 1.807) is 30.3 Å². The Kier molecular flexibility index (Phi) is 6.32. The van der Waals surface area contributed by atoms with Crippen molar-refractivity contribution in [3.05, 3.63) is 52.8 Å². The standard InChI is InChI=1S/C19H20F3N3O4S/c1-3-19(16(21)22)10(2)13(28-18(30)27-11-7-5-4-6-8-11)15(29-19)25-9-12(20)14(23)24-17(25)26/h4-10,13,15-16H,3H2,1-2H3,(H2,23,24,26)/t10-,13+,15+,19+/m0/s1. The van der Waals surface area contributed by atoms with Crippen LogP contribution in [-0.4, -0.2) is 32.9 Å². The molecule has 162 valence electrons. The zero-order chi connectivity index (χ0) is 22.1. The number of hydrogen-bond donors (Lipinski definition) is 1. The molecule has 2 N–H and O–H groups in total. The van der Waals surface area contributed by atoms with E-state index in [0.29, 0.717) is 5.75 Å². The lowest BCUT2D eigenvalue weighted by Crippen LogP contribution is -2.43. The Hall–Kier alpha value is -2.66. The molecule has 0 saturated carbocycles. The lowest BCUT2D eigenvalue weighted by molar-refractivity contribution is -0.166. The van der Waals surface area contributed by atoms with Gasteiger partial charge in [0.2, 0.25) is 0 Å². The molecule has 2 heterocycles. The summed E-state index contributed by atoms with van der Waals surface area (Å²) in [7, 11) is 0. The second-order valence-electron chi connectivity index (χ2n) is 6.82. The highest BCUT2D eigenvalue weighted by molar-refractivity contribution is 7.79. The molecule has 1 aromatic carbocycles. The monoisotopic (exact) mass is 443 g/mol. The number of alkyl halides is 2. The van der Waals surface area contributed by atoms with Crippen LogP contribution < -0.4 is 16.2 Å². The number of nitrogens with two attached hydrogens (primary N) is 1. The van der Waals surface area contributed by atoms with Crippen LogP contribution in [0.3, 0.4) is 0 Å². The smallest absolute Gasteiger partial charge is 0.358 e. The predicted molar refractivity (Wildman–Crippen MR) is 106 cm³/mol. The summed E-state index contributed by atoms with van der Waals surface area (Å²) in [6, 6.07) is 8.45. The Labute approximate surface area is 175 Å². The maximum Gasteiger partial charge on any atom is 0.358 e. The molecule has 0 bridgehead atoms. The molecule has 3 rings (SSSR count). The minimum Gasteiger partial charge on any atom is -0.448 e. The minimum atomic E-state index is -2.90. The normalized spacial score (nSPS) is 26.0. The van der Waals surface area contributed by atoms with Gasteiger partial charge in [-0.25, -0.2) is 18.0 Å². The molecule has 1 fully saturated rings. The molecule has 30 heavy (non-hydrogen) atoms. The number of anilines is 1. The van der Waals surface area contributed by atoms with Crippen molar-refractivity contribution in [2.45, 2.75) is 44.6 Å². The molecule has 7 nitrogen and oxygen atoms in total. The molecule has 2 aromatic rings. The molecule has 11 heteroatoms. The van der Waals surface area contributed by atoms with E-state index in [9.17, 15) is 18.0 Å². The van der Waals surface area contributed by atoms with Gasteiger partial charge in [0.05, 0.1) is 6.20 Å². The van der Waals surface area contributed by atoms with Crippen molar-refractivity contribution in [1.82, 2.24) is 9.55 Å². The van der Waals surface area contributed by atoms with Crippen LogP contribution >= 0.6 is 12.2 Å². The first-order valence-electron chi connectivity index (χ1n) is 9.13. The number of rotatable bonds is 5. The Morgan fingerprint density at radius 1 is 1.40 bits per heavy atom. The number of thiocarbonyl (C=S) groups is 1. The Morgan fingerprint density at radius 2 is 2.07 bits per heavy atom. The van der Waals surface area contributed by atoms with E-state index in [1.165, 1.54) is 13.8 Å². The molecule has 1 aromatic heterocycles. The van der Waals surface area contributed by atoms with E-state index in [0.717, 1.165) is 10.8 Å². The van der Waals surface area contributed by atoms with Crippen molar-refractivity contribution < 1.29 is 27.4 Å². The van der Waals surface area contributed by atoms with Gasteiger partial charge in [0, 0.05) is 18.1 Å². The molecule has 0 spiro atoms. The fraction of sp³-hybridized carbons (Fsp3) is 0.421. The summed E-state index contributed by atoms with van der Waals surface area (Å²) in [6.07, 6.45) is -4.86. The molecule has 1 aliphatic heterocycles. The van der Waals surface area contributed by atoms with Gasteiger partial charge in [-0.3, -0.25) is 4.57 Å². The number of aromatic nitrogens is 2. The first-order chi connectivity index (χ1) is 14.2. The van der Waals surface area contributed by atoms with Crippen LogP contribution in [-0.2, 0) is 9.47 Å². The van der Waals surface area contributed by atoms with Crippen LogP contribution in [0.2, 0.25) is 0 Å². The lowest BCUT2D eigenvalue weighted by atomic mass is 9.85. The molecular formula is C19H20F3N3O4S. The van der Waals surface area contributed by atoms with Crippen LogP contribution in [0.5, 0.6) is 5.75 Å². The molecule has 0 unspecified atom stereocenters. The Balaban J connectivity index is 1.97. The largest absolute Gasteiger partial charge is 0.448 e. The first-order valence-corrected chi connectivity index (χ1v) is 9.54. The minimum absolute atomic E-state index is 0.0892. The highest BCUT2D eigenvalue weighted by atomic mass is 32.1. The van der Waals surface area contributed by atoms with Crippen molar-refractivity contribution in [2.75, 3.05) is 5.73 Å². The second kappa shape index (κ2) is 8.60. The van der Waals surface area contributed by atoms with Crippen molar-refractivity contribution >= 4 is 23.3 Å².